The van der Waals surface area contributed by atoms with Gasteiger partial charge in [0.2, 0.25) is 17.8 Å². The van der Waals surface area contributed by atoms with Crippen LogP contribution in [-0.2, 0) is 27.1 Å². The van der Waals surface area contributed by atoms with E-state index >= 15 is 0 Å². The molecule has 1 unspecified atom stereocenters. The van der Waals surface area contributed by atoms with Gasteiger partial charge in [-0.25, -0.2) is 0 Å². The van der Waals surface area contributed by atoms with Gasteiger partial charge in [-0.15, -0.1) is 0 Å². The number of anilines is 5. The van der Waals surface area contributed by atoms with Gasteiger partial charge in [-0.2, -0.15) is 9.97 Å². The molecule has 6 heterocycles. The normalized spacial score (nSPS) is 18.6. The molecule has 9 rings (SSSR count). The highest BCUT2D eigenvalue weighted by atomic mass is 31.2. The monoisotopic (exact) mass is 895 g/mol. The van der Waals surface area contributed by atoms with Crippen molar-refractivity contribution in [1.29, 1.82) is 0 Å². The van der Waals surface area contributed by atoms with Gasteiger partial charge in [-0.3, -0.25) is 19.7 Å². The summed E-state index contributed by atoms with van der Waals surface area (Å²) in [7, 11) is -0.851. The van der Waals surface area contributed by atoms with Crippen molar-refractivity contribution in [2.45, 2.75) is 77.3 Å². The molecular weight excluding hydrogens is 838 g/mol. The van der Waals surface area contributed by atoms with Gasteiger partial charge < -0.3 is 39.6 Å². The lowest BCUT2D eigenvalue weighted by atomic mass is 9.71. The zero-order valence-electron chi connectivity index (χ0n) is 37.8. The lowest BCUT2D eigenvalue weighted by Gasteiger charge is -2.47. The van der Waals surface area contributed by atoms with E-state index in [4.69, 9.17) is 14.7 Å². The number of ether oxygens (including phenoxy) is 1. The Morgan fingerprint density at radius 1 is 0.938 bits per heavy atom. The topological polar surface area (TPSA) is 165 Å². The maximum absolute atomic E-state index is 13.2. The smallest absolute Gasteiger partial charge is 0.255 e. The minimum absolute atomic E-state index is 0.172. The first-order valence-corrected chi connectivity index (χ1v) is 25.5. The number of aryl methyl sites for hydroxylation is 1. The van der Waals surface area contributed by atoms with Gasteiger partial charge in [0, 0.05) is 66.9 Å². The van der Waals surface area contributed by atoms with Crippen LogP contribution in [0.5, 0.6) is 5.75 Å². The summed E-state index contributed by atoms with van der Waals surface area (Å²) in [6.45, 7) is 11.3. The molecule has 3 saturated heterocycles. The Labute approximate surface area is 380 Å². The minimum Gasteiger partial charge on any atom is -0.494 e. The number of aromatic amines is 1. The molecule has 2 aromatic heterocycles. The molecule has 4 aliphatic rings. The van der Waals surface area contributed by atoms with Crippen LogP contribution in [0.4, 0.5) is 28.8 Å². The number of hydrogen-bond donors (Lipinski definition) is 4. The molecule has 4 aliphatic heterocycles. The number of benzene rings is 3. The van der Waals surface area contributed by atoms with Crippen LogP contribution in [0.3, 0.4) is 0 Å². The lowest BCUT2D eigenvalue weighted by Crippen LogP contribution is -2.52. The molecule has 0 aliphatic carbocycles. The first-order valence-electron chi connectivity index (χ1n) is 22.9. The Morgan fingerprint density at radius 3 is 2.48 bits per heavy atom. The first-order chi connectivity index (χ1) is 31.4. The maximum atomic E-state index is 13.2. The average molecular weight is 896 g/mol. The molecule has 65 heavy (non-hydrogen) atoms. The first kappa shape index (κ1) is 44.1. The molecule has 0 bridgehead atoms. The summed E-state index contributed by atoms with van der Waals surface area (Å²) in [6, 6.07) is 18.9. The Morgan fingerprint density at radius 2 is 1.72 bits per heavy atom. The zero-order valence-corrected chi connectivity index (χ0v) is 38.7. The second kappa shape index (κ2) is 18.4. The predicted molar refractivity (Wildman–Crippen MR) is 257 cm³/mol. The summed E-state index contributed by atoms with van der Waals surface area (Å²) in [5.74, 6) is 7.57. The van der Waals surface area contributed by atoms with Gasteiger partial charge in [-0.1, -0.05) is 37.0 Å². The number of carbonyl (C=O) groups excluding carboxylic acids is 3. The number of fused-ring (bicyclic) bond motifs is 2. The minimum atomic E-state index is -2.55. The van der Waals surface area contributed by atoms with Crippen molar-refractivity contribution in [3.63, 3.8) is 0 Å². The standard InChI is InChI=1S/C50H58N9O5P/c1-5-33-30-39(53-49-55-45-36(19-24-51-45)46(56-49)52-38-15-8-9-16-43(38)65(3,4)63)42(64-2)31-41(33)58-28-22-50(23-29-58)20-26-57(27-21-50)25-10-6-7-12-34-13-11-14-35-37(34)32-59(48(35)62)40-17-18-44(60)54-47(40)61/h8-9,11,13-16,19,24,30-31,40H,5-6,10,17-18,20-23,25-29,32H2,1-4H3,(H,54,60,61)(H3,51,52,53,55,56). The van der Waals surface area contributed by atoms with Crippen LogP contribution in [0.25, 0.3) is 11.0 Å². The number of aromatic nitrogens is 3. The van der Waals surface area contributed by atoms with E-state index in [1.165, 1.54) is 24.1 Å². The highest BCUT2D eigenvalue weighted by molar-refractivity contribution is 7.70. The third-order valence-corrected chi connectivity index (χ3v) is 15.4. The number of likely N-dealkylation sites (tertiary alicyclic amines) is 1. The zero-order chi connectivity index (χ0) is 45.3. The number of nitrogens with one attached hydrogen (secondary N) is 4. The van der Waals surface area contributed by atoms with E-state index in [2.05, 4.69) is 61.6 Å². The molecule has 4 N–H and O–H groups in total. The number of imide groups is 1. The van der Waals surface area contributed by atoms with E-state index < -0.39 is 19.1 Å². The number of rotatable bonds is 12. The number of unbranched alkanes of at least 4 members (excludes halogenated alkanes) is 1. The number of piperidine rings is 3. The molecule has 3 fully saturated rings. The van der Waals surface area contributed by atoms with E-state index in [0.29, 0.717) is 41.4 Å². The van der Waals surface area contributed by atoms with E-state index in [1.54, 1.807) is 31.4 Å². The number of carbonyl (C=O) groups is 3. The highest BCUT2D eigenvalue weighted by Crippen LogP contribution is 2.45. The van der Waals surface area contributed by atoms with E-state index in [1.807, 2.05) is 48.7 Å². The molecular formula is C50H58N9O5P. The quantitative estimate of drug-likeness (QED) is 0.0424. The van der Waals surface area contributed by atoms with Crippen molar-refractivity contribution < 1.29 is 23.7 Å². The van der Waals surface area contributed by atoms with Crippen molar-refractivity contribution in [2.24, 2.45) is 5.41 Å². The van der Waals surface area contributed by atoms with Crippen LogP contribution in [-0.4, -0.2) is 102 Å². The van der Waals surface area contributed by atoms with Crippen LogP contribution in [0.1, 0.15) is 85.3 Å². The molecule has 1 atom stereocenters. The van der Waals surface area contributed by atoms with Gasteiger partial charge in [-0.05, 0) is 131 Å². The third kappa shape index (κ3) is 9.22. The van der Waals surface area contributed by atoms with Crippen LogP contribution in [0, 0.1) is 17.3 Å². The third-order valence-electron chi connectivity index (χ3n) is 13.8. The van der Waals surface area contributed by atoms with Gasteiger partial charge in [0.1, 0.15) is 30.4 Å². The van der Waals surface area contributed by atoms with Gasteiger partial charge in [0.05, 0.1) is 23.9 Å². The Hall–Kier alpha value is -6.16. The summed E-state index contributed by atoms with van der Waals surface area (Å²) in [4.78, 5) is 57.0. The fourth-order valence-electron chi connectivity index (χ4n) is 10.1. The summed E-state index contributed by atoms with van der Waals surface area (Å²) < 4.78 is 19.1. The van der Waals surface area contributed by atoms with Crippen LogP contribution in [0.2, 0.25) is 0 Å². The van der Waals surface area contributed by atoms with E-state index in [-0.39, 0.29) is 18.2 Å². The molecule has 5 aromatic rings. The summed E-state index contributed by atoms with van der Waals surface area (Å²) in [5, 5.41) is 10.9. The molecule has 3 amide bonds. The molecule has 14 nitrogen and oxygen atoms in total. The van der Waals surface area contributed by atoms with Crippen molar-refractivity contribution in [2.75, 3.05) is 68.7 Å². The second-order valence-corrected chi connectivity index (χ2v) is 21.4. The lowest BCUT2D eigenvalue weighted by molar-refractivity contribution is -0.136. The molecule has 0 radical (unpaired) electrons. The maximum Gasteiger partial charge on any atom is 0.255 e. The number of para-hydroxylation sites is 1. The summed E-state index contributed by atoms with van der Waals surface area (Å²) in [6.07, 6.45) is 9.78. The number of hydrogen-bond acceptors (Lipinski definition) is 11. The number of H-pyrrole nitrogens is 1. The SMILES string of the molecule is CCc1cc(Nc2nc(Nc3ccccc3P(C)(C)=O)c3cc[nH]c3n2)c(OC)cc1N1CCC2(CCN(CCCC#Cc3cccc4c3CN(C3CCC(=O)NC3=O)C4=O)CC2)CC1. The van der Waals surface area contributed by atoms with E-state index in [0.717, 1.165) is 104 Å². The molecule has 3 aromatic carbocycles. The van der Waals surface area contributed by atoms with Crippen molar-refractivity contribution in [1.82, 2.24) is 30.1 Å². The Kier molecular flexibility index (Phi) is 12.5. The predicted octanol–water partition coefficient (Wildman–Crippen LogP) is 7.54. The molecule has 15 heteroatoms. The fourth-order valence-corrected chi connectivity index (χ4v) is 11.2. The largest absolute Gasteiger partial charge is 0.494 e. The number of amides is 3. The summed E-state index contributed by atoms with van der Waals surface area (Å²) >= 11 is 0. The molecule has 338 valence electrons. The average Bonchev–Trinajstić information content (AvgIpc) is 3.92. The Bertz CT molecular complexity index is 2750. The number of methoxy groups -OCH3 is 1. The van der Waals surface area contributed by atoms with Crippen LogP contribution in [0.15, 0.2) is 66.9 Å². The molecule has 0 saturated carbocycles. The van der Waals surface area contributed by atoms with E-state index in [9.17, 15) is 18.9 Å². The van der Waals surface area contributed by atoms with Crippen LogP contribution >= 0.6 is 7.14 Å². The van der Waals surface area contributed by atoms with Crippen molar-refractivity contribution in [3.8, 4) is 17.6 Å². The number of nitrogens with zero attached hydrogens (tertiary/aromatic N) is 5. The summed E-state index contributed by atoms with van der Waals surface area (Å²) in [5.41, 5.74) is 7.34. The molecule has 1 spiro atoms. The fraction of sp³-hybridized carbons (Fsp3) is 0.420. The van der Waals surface area contributed by atoms with Gasteiger partial charge >= 0.3 is 0 Å². The van der Waals surface area contributed by atoms with Gasteiger partial charge in [0.15, 0.2) is 0 Å². The Balaban J connectivity index is 0.786. The van der Waals surface area contributed by atoms with Crippen molar-refractivity contribution in [3.05, 3.63) is 89.1 Å². The second-order valence-electron chi connectivity index (χ2n) is 18.3. The van der Waals surface area contributed by atoms with Crippen LogP contribution < -0.4 is 30.9 Å². The highest BCUT2D eigenvalue weighted by Gasteiger charge is 2.40. The van der Waals surface area contributed by atoms with Gasteiger partial charge in [0.25, 0.3) is 5.91 Å². The van der Waals surface area contributed by atoms with Crippen molar-refractivity contribution >= 4 is 70.0 Å².